The number of likely N-dealkylation sites (tertiary alicyclic amines) is 1. The lowest BCUT2D eigenvalue weighted by atomic mass is 9.95. The molecule has 0 saturated carbocycles. The molecule has 0 radical (unpaired) electrons. The number of nitrogens with one attached hydrogen (secondary N) is 1. The highest BCUT2D eigenvalue weighted by Gasteiger charge is 2.28. The van der Waals surface area contributed by atoms with Gasteiger partial charge in [0, 0.05) is 25.3 Å². The number of rotatable bonds is 5. The summed E-state index contributed by atoms with van der Waals surface area (Å²) in [4.78, 5) is 27.8. The highest BCUT2D eigenvalue weighted by atomic mass is 32.2. The van der Waals surface area contributed by atoms with Gasteiger partial charge in [-0.2, -0.15) is 0 Å². The Labute approximate surface area is 169 Å². The molecule has 0 bridgehead atoms. The number of carbonyl (C=O) groups is 2. The molecular weight excluding hydrogens is 396 g/mol. The average molecular weight is 421 g/mol. The maximum absolute atomic E-state index is 12.6. The Morgan fingerprint density at radius 2 is 1.79 bits per heavy atom. The Morgan fingerprint density at radius 3 is 2.32 bits per heavy atom. The van der Waals surface area contributed by atoms with Crippen molar-refractivity contribution in [1.82, 2.24) is 10.2 Å². The first-order valence-electron chi connectivity index (χ1n) is 9.19. The van der Waals surface area contributed by atoms with Gasteiger partial charge < -0.3 is 10.2 Å². The van der Waals surface area contributed by atoms with Crippen molar-refractivity contribution in [3.8, 4) is 0 Å². The molecule has 28 heavy (non-hydrogen) atoms. The standard InChI is InChI=1S/C20H24N2O4S2/c1-14(15-5-7-17(8-6-15)28(2,25)26)21-19(23)16-9-11-22(12-10-16)20(24)18-4-3-13-27-18/h3-8,13-14,16H,9-12H2,1-2H3,(H,21,23). The second-order valence-corrected chi connectivity index (χ2v) is 10.1. The minimum atomic E-state index is -3.23. The molecule has 2 heterocycles. The molecule has 1 aromatic heterocycles. The van der Waals surface area contributed by atoms with Crippen molar-refractivity contribution >= 4 is 33.0 Å². The number of thiophene rings is 1. The molecule has 1 N–H and O–H groups in total. The predicted octanol–water partition coefficient (Wildman–Crippen LogP) is 2.88. The van der Waals surface area contributed by atoms with Gasteiger partial charge in [0.25, 0.3) is 5.91 Å². The number of piperidine rings is 1. The maximum atomic E-state index is 12.6. The Bertz CT molecular complexity index is 929. The second kappa shape index (κ2) is 8.45. The Hall–Kier alpha value is -2.19. The van der Waals surface area contributed by atoms with E-state index in [0.29, 0.717) is 25.9 Å². The Kier molecular flexibility index (Phi) is 6.20. The fourth-order valence-corrected chi connectivity index (χ4v) is 4.64. The van der Waals surface area contributed by atoms with Crippen molar-refractivity contribution in [3.05, 3.63) is 52.2 Å². The first-order chi connectivity index (χ1) is 13.3. The van der Waals surface area contributed by atoms with Crippen molar-refractivity contribution in [2.24, 2.45) is 5.92 Å². The largest absolute Gasteiger partial charge is 0.349 e. The third-order valence-electron chi connectivity index (χ3n) is 5.05. The van der Waals surface area contributed by atoms with Crippen LogP contribution in [0.4, 0.5) is 0 Å². The van der Waals surface area contributed by atoms with Gasteiger partial charge in [-0.25, -0.2) is 8.42 Å². The first kappa shape index (κ1) is 20.5. The van der Waals surface area contributed by atoms with Crippen LogP contribution in [0, 0.1) is 5.92 Å². The summed E-state index contributed by atoms with van der Waals surface area (Å²) < 4.78 is 23.1. The van der Waals surface area contributed by atoms with E-state index in [2.05, 4.69) is 5.32 Å². The molecule has 1 fully saturated rings. The molecule has 1 unspecified atom stereocenters. The van der Waals surface area contributed by atoms with Gasteiger partial charge in [-0.1, -0.05) is 18.2 Å². The van der Waals surface area contributed by atoms with E-state index in [-0.39, 0.29) is 28.7 Å². The van der Waals surface area contributed by atoms with Crippen LogP contribution < -0.4 is 5.32 Å². The normalized spacial score (nSPS) is 16.6. The Morgan fingerprint density at radius 1 is 1.14 bits per heavy atom. The summed E-state index contributed by atoms with van der Waals surface area (Å²) in [7, 11) is -3.23. The van der Waals surface area contributed by atoms with Crippen LogP contribution >= 0.6 is 11.3 Å². The zero-order valence-electron chi connectivity index (χ0n) is 15.9. The number of nitrogens with zero attached hydrogens (tertiary/aromatic N) is 1. The van der Waals surface area contributed by atoms with Gasteiger partial charge in [-0.15, -0.1) is 11.3 Å². The number of hydrogen-bond donors (Lipinski definition) is 1. The van der Waals surface area contributed by atoms with Gasteiger partial charge >= 0.3 is 0 Å². The highest BCUT2D eigenvalue weighted by molar-refractivity contribution is 7.90. The van der Waals surface area contributed by atoms with E-state index in [4.69, 9.17) is 0 Å². The summed E-state index contributed by atoms with van der Waals surface area (Å²) >= 11 is 1.43. The van der Waals surface area contributed by atoms with Crippen molar-refractivity contribution in [2.75, 3.05) is 19.3 Å². The van der Waals surface area contributed by atoms with Crippen molar-refractivity contribution in [2.45, 2.75) is 30.7 Å². The number of benzene rings is 1. The van der Waals surface area contributed by atoms with E-state index in [1.54, 1.807) is 24.3 Å². The molecule has 0 spiro atoms. The third-order valence-corrected chi connectivity index (χ3v) is 7.04. The summed E-state index contributed by atoms with van der Waals surface area (Å²) in [6, 6.07) is 10.0. The number of carbonyl (C=O) groups excluding carboxylic acids is 2. The first-order valence-corrected chi connectivity index (χ1v) is 12.0. The second-order valence-electron chi connectivity index (χ2n) is 7.12. The van der Waals surface area contributed by atoms with Gasteiger partial charge in [0.2, 0.25) is 5.91 Å². The number of hydrogen-bond acceptors (Lipinski definition) is 5. The number of amides is 2. The molecule has 2 amide bonds. The fraction of sp³-hybridized carbons (Fsp3) is 0.400. The van der Waals surface area contributed by atoms with Gasteiger partial charge in [0.15, 0.2) is 9.84 Å². The van der Waals surface area contributed by atoms with Crippen LogP contribution in [0.25, 0.3) is 0 Å². The summed E-state index contributed by atoms with van der Waals surface area (Å²) in [5, 5.41) is 4.89. The van der Waals surface area contributed by atoms with Crippen molar-refractivity contribution in [3.63, 3.8) is 0 Å². The molecule has 3 rings (SSSR count). The van der Waals surface area contributed by atoms with Crippen LogP contribution in [0.2, 0.25) is 0 Å². The topological polar surface area (TPSA) is 83.6 Å². The molecule has 1 aromatic carbocycles. The SMILES string of the molecule is CC(NC(=O)C1CCN(C(=O)c2cccs2)CC1)c1ccc(S(C)(=O)=O)cc1. The van der Waals surface area contributed by atoms with Crippen LogP contribution in [0.1, 0.15) is 41.0 Å². The van der Waals surface area contributed by atoms with Crippen LogP contribution in [-0.4, -0.2) is 44.5 Å². The predicted molar refractivity (Wildman–Crippen MR) is 109 cm³/mol. The summed E-state index contributed by atoms with van der Waals surface area (Å²) in [5.74, 6) is -0.110. The van der Waals surface area contributed by atoms with Crippen LogP contribution in [0.5, 0.6) is 0 Å². The van der Waals surface area contributed by atoms with E-state index in [9.17, 15) is 18.0 Å². The molecule has 1 aliphatic heterocycles. The molecule has 6 nitrogen and oxygen atoms in total. The van der Waals surface area contributed by atoms with Crippen LogP contribution in [0.3, 0.4) is 0 Å². The van der Waals surface area contributed by atoms with E-state index in [1.165, 1.54) is 17.6 Å². The van der Waals surface area contributed by atoms with Gasteiger partial charge in [-0.3, -0.25) is 9.59 Å². The molecule has 8 heteroatoms. The Balaban J connectivity index is 1.53. The monoisotopic (exact) mass is 420 g/mol. The zero-order chi connectivity index (χ0) is 20.3. The molecule has 0 aliphatic carbocycles. The highest BCUT2D eigenvalue weighted by Crippen LogP contribution is 2.23. The molecule has 150 valence electrons. The van der Waals surface area contributed by atoms with E-state index >= 15 is 0 Å². The third kappa shape index (κ3) is 4.80. The van der Waals surface area contributed by atoms with E-state index in [1.807, 2.05) is 29.3 Å². The van der Waals surface area contributed by atoms with Gasteiger partial charge in [0.1, 0.15) is 0 Å². The van der Waals surface area contributed by atoms with E-state index in [0.717, 1.165) is 10.4 Å². The van der Waals surface area contributed by atoms with Gasteiger partial charge in [-0.05, 0) is 48.9 Å². The number of sulfone groups is 1. The molecular formula is C20H24N2O4S2. The quantitative estimate of drug-likeness (QED) is 0.806. The molecule has 2 aromatic rings. The smallest absolute Gasteiger partial charge is 0.263 e. The lowest BCUT2D eigenvalue weighted by Gasteiger charge is -2.31. The summed E-state index contributed by atoms with van der Waals surface area (Å²) in [6.45, 7) is 3.03. The lowest BCUT2D eigenvalue weighted by Crippen LogP contribution is -2.43. The van der Waals surface area contributed by atoms with Crippen LogP contribution in [-0.2, 0) is 14.6 Å². The summed E-state index contributed by atoms with van der Waals surface area (Å²) in [6.07, 6.45) is 2.45. The maximum Gasteiger partial charge on any atom is 0.263 e. The minimum absolute atomic E-state index is 0.0251. The molecule has 1 aliphatic rings. The van der Waals surface area contributed by atoms with Crippen molar-refractivity contribution in [1.29, 1.82) is 0 Å². The minimum Gasteiger partial charge on any atom is -0.349 e. The average Bonchev–Trinajstić information content (AvgIpc) is 3.21. The van der Waals surface area contributed by atoms with E-state index < -0.39 is 9.84 Å². The zero-order valence-corrected chi connectivity index (χ0v) is 17.6. The van der Waals surface area contributed by atoms with Gasteiger partial charge in [0.05, 0.1) is 15.8 Å². The fourth-order valence-electron chi connectivity index (χ4n) is 3.32. The van der Waals surface area contributed by atoms with Crippen LogP contribution in [0.15, 0.2) is 46.7 Å². The molecule has 1 atom stereocenters. The summed E-state index contributed by atoms with van der Waals surface area (Å²) in [5.41, 5.74) is 0.853. The van der Waals surface area contributed by atoms with Crippen molar-refractivity contribution < 1.29 is 18.0 Å². The lowest BCUT2D eigenvalue weighted by molar-refractivity contribution is -0.127. The molecule has 1 saturated heterocycles.